The maximum Gasteiger partial charge on any atom is 0.0697 e. The maximum atomic E-state index is 10.5. The van der Waals surface area contributed by atoms with Crippen molar-refractivity contribution in [3.63, 3.8) is 0 Å². The number of hydrogen-bond donors (Lipinski definition) is 1. The fraction of sp³-hybridized carbons (Fsp3) is 1.00. The van der Waals surface area contributed by atoms with Crippen LogP contribution in [0.25, 0.3) is 0 Å². The van der Waals surface area contributed by atoms with E-state index in [1.807, 2.05) is 0 Å². The Hall–Kier alpha value is -0.0800. The van der Waals surface area contributed by atoms with Crippen LogP contribution < -0.4 is 0 Å². The first-order valence-electron chi connectivity index (χ1n) is 6.47. The average molecular weight is 214 g/mol. The van der Waals surface area contributed by atoms with Gasteiger partial charge in [0.25, 0.3) is 0 Å². The summed E-state index contributed by atoms with van der Waals surface area (Å²) in [5, 5.41) is 10.5. The van der Waals surface area contributed by atoms with Gasteiger partial charge in [0.2, 0.25) is 0 Å². The summed E-state index contributed by atoms with van der Waals surface area (Å²) in [6, 6.07) is 0. The highest BCUT2D eigenvalue weighted by Gasteiger charge is 2.35. The van der Waals surface area contributed by atoms with E-state index in [0.29, 0.717) is 5.92 Å². The average Bonchev–Trinajstić information content (AvgIpc) is 2.26. The molecule has 1 heterocycles. The lowest BCUT2D eigenvalue weighted by Crippen LogP contribution is -2.42. The van der Waals surface area contributed by atoms with Gasteiger partial charge in [0.15, 0.2) is 0 Å². The molecule has 0 saturated carbocycles. The van der Waals surface area contributed by atoms with E-state index >= 15 is 0 Å². The molecule has 0 amide bonds. The minimum absolute atomic E-state index is 0.276. The zero-order valence-electron chi connectivity index (χ0n) is 10.5. The Morgan fingerprint density at radius 2 is 2.00 bits per heavy atom. The van der Waals surface area contributed by atoms with Gasteiger partial charge in [-0.2, -0.15) is 0 Å². The third-order valence-corrected chi connectivity index (χ3v) is 3.81. The van der Waals surface area contributed by atoms with Crippen LogP contribution in [0.3, 0.4) is 0 Å². The van der Waals surface area contributed by atoms with Gasteiger partial charge in [0, 0.05) is 13.0 Å². The predicted molar refractivity (Wildman–Crippen MR) is 62.9 cm³/mol. The van der Waals surface area contributed by atoms with Gasteiger partial charge in [0.05, 0.1) is 11.7 Å². The molecule has 2 heteroatoms. The van der Waals surface area contributed by atoms with Crippen LogP contribution in [0, 0.1) is 5.92 Å². The minimum atomic E-state index is -0.449. The van der Waals surface area contributed by atoms with Gasteiger partial charge in [-0.1, -0.05) is 33.6 Å². The molecular formula is C13H26O2. The molecular weight excluding hydrogens is 188 g/mol. The summed E-state index contributed by atoms with van der Waals surface area (Å²) in [7, 11) is 0. The monoisotopic (exact) mass is 214 g/mol. The molecule has 0 aromatic heterocycles. The largest absolute Gasteiger partial charge is 0.390 e. The van der Waals surface area contributed by atoms with Gasteiger partial charge < -0.3 is 9.84 Å². The van der Waals surface area contributed by atoms with Crippen LogP contribution in [0.2, 0.25) is 0 Å². The Morgan fingerprint density at radius 1 is 1.33 bits per heavy atom. The third-order valence-electron chi connectivity index (χ3n) is 3.81. The molecule has 0 aromatic carbocycles. The van der Waals surface area contributed by atoms with Gasteiger partial charge in [0.1, 0.15) is 0 Å². The second-order valence-corrected chi connectivity index (χ2v) is 4.97. The van der Waals surface area contributed by atoms with Crippen LogP contribution in [-0.2, 0) is 4.74 Å². The van der Waals surface area contributed by atoms with Gasteiger partial charge in [-0.15, -0.1) is 0 Å². The molecule has 0 radical (unpaired) electrons. The molecule has 0 aliphatic carbocycles. The van der Waals surface area contributed by atoms with Crippen LogP contribution in [0.5, 0.6) is 0 Å². The summed E-state index contributed by atoms with van der Waals surface area (Å²) in [6.07, 6.45) is 6.26. The first-order chi connectivity index (χ1) is 7.13. The van der Waals surface area contributed by atoms with Crippen molar-refractivity contribution < 1.29 is 9.84 Å². The zero-order valence-corrected chi connectivity index (χ0v) is 10.5. The molecule has 0 aromatic rings. The first-order valence-corrected chi connectivity index (χ1v) is 6.47. The lowest BCUT2D eigenvalue weighted by molar-refractivity contribution is -0.114. The van der Waals surface area contributed by atoms with Crippen LogP contribution in [0.1, 0.15) is 59.3 Å². The number of rotatable bonds is 5. The normalized spacial score (nSPS) is 32.2. The summed E-state index contributed by atoms with van der Waals surface area (Å²) >= 11 is 0. The van der Waals surface area contributed by atoms with Crippen LogP contribution >= 0.6 is 0 Å². The van der Waals surface area contributed by atoms with Crippen molar-refractivity contribution in [2.75, 3.05) is 6.61 Å². The molecule has 1 rings (SSSR count). The van der Waals surface area contributed by atoms with Crippen molar-refractivity contribution in [3.05, 3.63) is 0 Å². The van der Waals surface area contributed by atoms with Gasteiger partial charge in [-0.05, 0) is 25.2 Å². The molecule has 2 nitrogen and oxygen atoms in total. The summed E-state index contributed by atoms with van der Waals surface area (Å²) in [4.78, 5) is 0. The van der Waals surface area contributed by atoms with Gasteiger partial charge in [-0.25, -0.2) is 0 Å². The Kier molecular flexibility index (Phi) is 5.07. The molecule has 2 unspecified atom stereocenters. The molecule has 90 valence electrons. The van der Waals surface area contributed by atoms with Crippen molar-refractivity contribution >= 4 is 0 Å². The highest BCUT2D eigenvalue weighted by molar-refractivity contribution is 4.87. The fourth-order valence-electron chi connectivity index (χ4n) is 2.56. The van der Waals surface area contributed by atoms with Crippen molar-refractivity contribution in [1.29, 1.82) is 0 Å². The standard InChI is InChI=1S/C13H26O2/c1-4-11(5-2)9-13(14)7-8-15-12(6-3)10-13/h11-12,14H,4-10H2,1-3H3. The Balaban J connectivity index is 2.49. The van der Waals surface area contributed by atoms with Crippen molar-refractivity contribution in [1.82, 2.24) is 0 Å². The van der Waals surface area contributed by atoms with Crippen LogP contribution in [0.4, 0.5) is 0 Å². The highest BCUT2D eigenvalue weighted by Crippen LogP contribution is 2.33. The second-order valence-electron chi connectivity index (χ2n) is 4.97. The van der Waals surface area contributed by atoms with E-state index in [4.69, 9.17) is 4.74 Å². The third kappa shape index (κ3) is 3.76. The van der Waals surface area contributed by atoms with E-state index in [1.54, 1.807) is 0 Å². The molecule has 2 atom stereocenters. The van der Waals surface area contributed by atoms with E-state index < -0.39 is 5.60 Å². The maximum absolute atomic E-state index is 10.5. The van der Waals surface area contributed by atoms with E-state index in [0.717, 1.165) is 32.3 Å². The molecule has 1 N–H and O–H groups in total. The Morgan fingerprint density at radius 3 is 2.53 bits per heavy atom. The lowest BCUT2D eigenvalue weighted by Gasteiger charge is -2.38. The quantitative estimate of drug-likeness (QED) is 0.762. The summed E-state index contributed by atoms with van der Waals surface area (Å²) < 4.78 is 5.61. The predicted octanol–water partition coefficient (Wildman–Crippen LogP) is 3.13. The Labute approximate surface area is 94.0 Å². The lowest BCUT2D eigenvalue weighted by atomic mass is 9.80. The SMILES string of the molecule is CCC(CC)CC1(O)CCOC(CC)C1. The van der Waals surface area contributed by atoms with Gasteiger partial charge >= 0.3 is 0 Å². The minimum Gasteiger partial charge on any atom is -0.390 e. The number of aliphatic hydroxyl groups is 1. The smallest absolute Gasteiger partial charge is 0.0697 e. The fourth-order valence-corrected chi connectivity index (χ4v) is 2.56. The number of hydrogen-bond acceptors (Lipinski definition) is 2. The summed E-state index contributed by atoms with van der Waals surface area (Å²) in [5.74, 6) is 0.672. The van der Waals surface area contributed by atoms with E-state index in [-0.39, 0.29) is 6.10 Å². The zero-order chi connectivity index (χ0) is 11.3. The topological polar surface area (TPSA) is 29.5 Å². The van der Waals surface area contributed by atoms with E-state index in [9.17, 15) is 5.11 Å². The van der Waals surface area contributed by atoms with Gasteiger partial charge in [-0.3, -0.25) is 0 Å². The van der Waals surface area contributed by atoms with Crippen molar-refractivity contribution in [2.24, 2.45) is 5.92 Å². The molecule has 15 heavy (non-hydrogen) atoms. The molecule has 0 bridgehead atoms. The van der Waals surface area contributed by atoms with Crippen molar-refractivity contribution in [3.8, 4) is 0 Å². The summed E-state index contributed by atoms with van der Waals surface area (Å²) in [5.41, 5.74) is -0.449. The van der Waals surface area contributed by atoms with E-state index in [2.05, 4.69) is 20.8 Å². The molecule has 1 saturated heterocycles. The Bertz CT molecular complexity index is 177. The number of ether oxygens (including phenoxy) is 1. The first kappa shape index (κ1) is 13.0. The molecule has 1 aliphatic rings. The van der Waals surface area contributed by atoms with Crippen molar-refractivity contribution in [2.45, 2.75) is 71.0 Å². The highest BCUT2D eigenvalue weighted by atomic mass is 16.5. The van der Waals surface area contributed by atoms with E-state index in [1.165, 1.54) is 12.8 Å². The molecule has 1 fully saturated rings. The molecule has 0 spiro atoms. The summed E-state index contributed by atoms with van der Waals surface area (Å²) in [6.45, 7) is 7.30. The van der Waals surface area contributed by atoms with Crippen LogP contribution in [0.15, 0.2) is 0 Å². The van der Waals surface area contributed by atoms with Crippen LogP contribution in [-0.4, -0.2) is 23.4 Å². The second kappa shape index (κ2) is 5.86. The molecule has 1 aliphatic heterocycles.